The Hall–Kier alpha value is -2.10. The largest absolute Gasteiger partial charge is 0.298 e. The maximum Gasteiger partial charge on any atom is 0.257 e. The summed E-state index contributed by atoms with van der Waals surface area (Å²) in [5.74, 6) is -0.394. The summed E-state index contributed by atoms with van der Waals surface area (Å²) < 4.78 is 26.9. The minimum atomic E-state index is -3.59. The lowest BCUT2D eigenvalue weighted by atomic mass is 9.78. The van der Waals surface area contributed by atoms with Gasteiger partial charge in [0.25, 0.3) is 5.91 Å². The lowest BCUT2D eigenvalue weighted by Crippen LogP contribution is -2.28. The van der Waals surface area contributed by atoms with Crippen LogP contribution in [-0.2, 0) is 16.4 Å². The summed E-state index contributed by atoms with van der Waals surface area (Å²) in [4.78, 5) is 30.2. The van der Waals surface area contributed by atoms with Crippen molar-refractivity contribution in [2.24, 2.45) is 5.41 Å². The van der Waals surface area contributed by atoms with Crippen LogP contribution >= 0.6 is 11.3 Å². The number of rotatable bonds is 4. The number of nitrogens with zero attached hydrogens (tertiary/aromatic N) is 2. The first-order valence-electron chi connectivity index (χ1n) is 9.60. The Kier molecular flexibility index (Phi) is 5.08. The summed E-state index contributed by atoms with van der Waals surface area (Å²) in [5.41, 5.74) is 0.819. The topological polar surface area (TPSA) is 96.4 Å². The summed E-state index contributed by atoms with van der Waals surface area (Å²) in [7, 11) is -3.59. The number of benzene rings is 1. The molecule has 1 aliphatic carbocycles. The van der Waals surface area contributed by atoms with E-state index in [9.17, 15) is 18.0 Å². The van der Waals surface area contributed by atoms with E-state index in [2.05, 4.69) is 10.3 Å². The molecule has 4 rings (SSSR count). The number of thiazole rings is 1. The van der Waals surface area contributed by atoms with E-state index in [1.54, 1.807) is 12.1 Å². The molecule has 0 bridgehead atoms. The molecule has 0 spiro atoms. The predicted molar refractivity (Wildman–Crippen MR) is 111 cm³/mol. The molecule has 29 heavy (non-hydrogen) atoms. The number of anilines is 1. The minimum Gasteiger partial charge on any atom is -0.298 e. The maximum absolute atomic E-state index is 12.7. The van der Waals surface area contributed by atoms with Gasteiger partial charge in [0.05, 0.1) is 15.5 Å². The number of carbonyl (C=O) groups excluding carboxylic acids is 2. The van der Waals surface area contributed by atoms with Gasteiger partial charge < -0.3 is 0 Å². The van der Waals surface area contributed by atoms with Crippen LogP contribution in [0.4, 0.5) is 5.13 Å². The van der Waals surface area contributed by atoms with E-state index < -0.39 is 15.9 Å². The zero-order chi connectivity index (χ0) is 20.8. The molecule has 1 fully saturated rings. The van der Waals surface area contributed by atoms with Crippen molar-refractivity contribution in [1.82, 2.24) is 9.29 Å². The molecule has 0 atom stereocenters. The summed E-state index contributed by atoms with van der Waals surface area (Å²) >= 11 is 1.18. The molecule has 1 aliphatic heterocycles. The molecule has 7 nitrogen and oxygen atoms in total. The highest BCUT2D eigenvalue weighted by atomic mass is 32.2. The second-order valence-electron chi connectivity index (χ2n) is 8.33. The van der Waals surface area contributed by atoms with Crippen LogP contribution in [0.25, 0.3) is 0 Å². The van der Waals surface area contributed by atoms with E-state index in [4.69, 9.17) is 0 Å². The molecule has 1 N–H and O–H groups in total. The van der Waals surface area contributed by atoms with Crippen molar-refractivity contribution < 1.29 is 18.0 Å². The van der Waals surface area contributed by atoms with E-state index >= 15 is 0 Å². The Morgan fingerprint density at radius 3 is 2.66 bits per heavy atom. The summed E-state index contributed by atoms with van der Waals surface area (Å²) in [6, 6.07) is 6.04. The fraction of sp³-hybridized carbons (Fsp3) is 0.450. The molecule has 9 heteroatoms. The third kappa shape index (κ3) is 3.99. The van der Waals surface area contributed by atoms with E-state index in [1.807, 2.05) is 13.8 Å². The van der Waals surface area contributed by atoms with Crippen LogP contribution in [-0.4, -0.2) is 42.5 Å². The van der Waals surface area contributed by atoms with Gasteiger partial charge in [0.1, 0.15) is 0 Å². The summed E-state index contributed by atoms with van der Waals surface area (Å²) in [6.07, 6.45) is 2.85. The minimum absolute atomic E-state index is 0.0490. The van der Waals surface area contributed by atoms with Crippen molar-refractivity contribution >= 4 is 38.2 Å². The zero-order valence-electron chi connectivity index (χ0n) is 16.4. The number of amides is 1. The van der Waals surface area contributed by atoms with Crippen molar-refractivity contribution in [3.8, 4) is 0 Å². The van der Waals surface area contributed by atoms with E-state index in [0.717, 1.165) is 18.5 Å². The predicted octanol–water partition coefficient (Wildman–Crippen LogP) is 3.34. The SMILES string of the molecule is CC1(C)CC(=O)c2sc(NC(=O)c3cccc(S(=O)(=O)N4CCCC4)c3)nc2C1. The van der Waals surface area contributed by atoms with E-state index in [0.29, 0.717) is 35.9 Å². The van der Waals surface area contributed by atoms with Crippen LogP contribution in [0.2, 0.25) is 0 Å². The lowest BCUT2D eigenvalue weighted by Gasteiger charge is -2.26. The zero-order valence-corrected chi connectivity index (χ0v) is 18.0. The molecule has 2 aliphatic rings. The van der Waals surface area contributed by atoms with Gasteiger partial charge in [0.15, 0.2) is 10.9 Å². The van der Waals surface area contributed by atoms with Crippen molar-refractivity contribution in [3.05, 3.63) is 40.4 Å². The molecule has 0 radical (unpaired) electrons. The Morgan fingerprint density at radius 1 is 1.21 bits per heavy atom. The second-order valence-corrected chi connectivity index (χ2v) is 11.3. The standard InChI is InChI=1S/C20H23N3O4S2/c1-20(2)11-15-17(16(24)12-20)28-19(21-15)22-18(25)13-6-5-7-14(10-13)29(26,27)23-8-3-4-9-23/h5-7,10H,3-4,8-9,11-12H2,1-2H3,(H,21,22,25). The number of aromatic nitrogens is 1. The number of hydrogen-bond donors (Lipinski definition) is 1. The molecular weight excluding hydrogens is 410 g/mol. The second kappa shape index (κ2) is 7.30. The average molecular weight is 434 g/mol. The number of Topliss-reactive ketones (excluding diaryl/α,β-unsaturated/α-hetero) is 1. The molecule has 2 heterocycles. The van der Waals surface area contributed by atoms with Gasteiger partial charge in [0.2, 0.25) is 10.0 Å². The smallest absolute Gasteiger partial charge is 0.257 e. The third-order valence-corrected chi connectivity index (χ3v) is 8.20. The molecule has 154 valence electrons. The maximum atomic E-state index is 12.7. The Bertz CT molecular complexity index is 1080. The molecule has 1 aromatic carbocycles. The monoisotopic (exact) mass is 433 g/mol. The Balaban J connectivity index is 1.55. The van der Waals surface area contributed by atoms with E-state index in [1.165, 1.54) is 27.8 Å². The average Bonchev–Trinajstić information content (AvgIpc) is 3.31. The van der Waals surface area contributed by atoms with Gasteiger partial charge in [-0.1, -0.05) is 31.3 Å². The van der Waals surface area contributed by atoms with Crippen molar-refractivity contribution in [2.75, 3.05) is 18.4 Å². The first-order chi connectivity index (χ1) is 13.7. The fourth-order valence-corrected chi connectivity index (χ4v) is 6.30. The first kappa shape index (κ1) is 20.2. The third-order valence-electron chi connectivity index (χ3n) is 5.26. The van der Waals surface area contributed by atoms with Gasteiger partial charge >= 0.3 is 0 Å². The number of hydrogen-bond acceptors (Lipinski definition) is 6. The molecule has 1 saturated heterocycles. The van der Waals surface area contributed by atoms with Crippen molar-refractivity contribution in [3.63, 3.8) is 0 Å². The lowest BCUT2D eigenvalue weighted by molar-refractivity contribution is 0.0915. The Morgan fingerprint density at radius 2 is 1.93 bits per heavy atom. The molecule has 2 aromatic rings. The van der Waals surface area contributed by atoms with Crippen LogP contribution in [0.15, 0.2) is 29.2 Å². The van der Waals surface area contributed by atoms with Gasteiger partial charge in [-0.3, -0.25) is 14.9 Å². The van der Waals surface area contributed by atoms with Crippen LogP contribution in [0, 0.1) is 5.41 Å². The number of nitrogens with one attached hydrogen (secondary N) is 1. The highest BCUT2D eigenvalue weighted by molar-refractivity contribution is 7.89. The molecule has 0 saturated carbocycles. The first-order valence-corrected chi connectivity index (χ1v) is 11.9. The van der Waals surface area contributed by atoms with Crippen LogP contribution in [0.3, 0.4) is 0 Å². The number of fused-ring (bicyclic) bond motifs is 1. The fourth-order valence-electron chi connectivity index (χ4n) is 3.82. The quantitative estimate of drug-likeness (QED) is 0.798. The number of sulfonamides is 1. The van der Waals surface area contributed by atoms with Gasteiger partial charge in [-0.05, 0) is 42.9 Å². The van der Waals surface area contributed by atoms with Crippen LogP contribution in [0.5, 0.6) is 0 Å². The highest BCUT2D eigenvalue weighted by Gasteiger charge is 2.34. The Labute approximate surface area is 174 Å². The summed E-state index contributed by atoms with van der Waals surface area (Å²) in [5, 5.41) is 3.08. The summed E-state index contributed by atoms with van der Waals surface area (Å²) in [6.45, 7) is 5.07. The molecule has 1 amide bonds. The number of carbonyl (C=O) groups is 2. The van der Waals surface area contributed by atoms with Crippen LogP contribution in [0.1, 0.15) is 58.8 Å². The van der Waals surface area contributed by atoms with Gasteiger partial charge in [-0.25, -0.2) is 13.4 Å². The van der Waals surface area contributed by atoms with Gasteiger partial charge in [-0.2, -0.15) is 4.31 Å². The molecular formula is C20H23N3O4S2. The number of ketones is 1. The molecule has 1 aromatic heterocycles. The normalized spacial score (nSPS) is 19.2. The van der Waals surface area contributed by atoms with Gasteiger partial charge in [-0.15, -0.1) is 0 Å². The highest BCUT2D eigenvalue weighted by Crippen LogP contribution is 2.38. The van der Waals surface area contributed by atoms with Crippen LogP contribution < -0.4 is 5.32 Å². The molecule has 0 unspecified atom stereocenters. The van der Waals surface area contributed by atoms with Crippen molar-refractivity contribution in [2.45, 2.75) is 44.4 Å². The van der Waals surface area contributed by atoms with Crippen molar-refractivity contribution in [1.29, 1.82) is 0 Å². The van der Waals surface area contributed by atoms with E-state index in [-0.39, 0.29) is 21.7 Å². The van der Waals surface area contributed by atoms with Gasteiger partial charge in [0, 0.05) is 25.1 Å².